The summed E-state index contributed by atoms with van der Waals surface area (Å²) >= 11 is 0. The summed E-state index contributed by atoms with van der Waals surface area (Å²) in [6.45, 7) is 2.87. The summed E-state index contributed by atoms with van der Waals surface area (Å²) in [6.07, 6.45) is 1.58. The van der Waals surface area contributed by atoms with Gasteiger partial charge in [-0.15, -0.1) is 0 Å². The highest BCUT2D eigenvalue weighted by Gasteiger charge is 2.40. The molecule has 2 amide bonds. The molecule has 30 heavy (non-hydrogen) atoms. The number of amides is 2. The van der Waals surface area contributed by atoms with E-state index in [0.717, 1.165) is 21.9 Å². The number of rotatable bonds is 6. The van der Waals surface area contributed by atoms with Crippen molar-refractivity contribution in [3.8, 4) is 5.75 Å². The molecule has 1 aliphatic heterocycles. The second-order valence-corrected chi connectivity index (χ2v) is 7.11. The zero-order valence-electron chi connectivity index (χ0n) is 16.7. The molecule has 1 saturated heterocycles. The molecule has 3 aromatic rings. The number of hydrogen-bond acceptors (Lipinski definition) is 4. The minimum Gasteiger partial charge on any atom is -0.493 e. The van der Waals surface area contributed by atoms with Crippen molar-refractivity contribution in [2.24, 2.45) is 11.0 Å². The topological polar surface area (TPSA) is 79.8 Å². The number of ether oxygens (including phenoxy) is 1. The van der Waals surface area contributed by atoms with Crippen LogP contribution in [0, 0.1) is 5.92 Å². The van der Waals surface area contributed by atoms with Crippen molar-refractivity contribution >= 4 is 28.8 Å². The summed E-state index contributed by atoms with van der Waals surface area (Å²) in [4.78, 5) is 25.1. The Morgan fingerprint density at radius 3 is 2.70 bits per heavy atom. The first kappa shape index (κ1) is 19.6. The predicted octanol–water partition coefficient (Wildman–Crippen LogP) is 3.22. The molecule has 6 heteroatoms. The summed E-state index contributed by atoms with van der Waals surface area (Å²) < 4.78 is 5.73. The van der Waals surface area contributed by atoms with E-state index < -0.39 is 11.8 Å². The normalized spacial score (nSPS) is 18.5. The lowest BCUT2D eigenvalue weighted by Crippen LogP contribution is -2.34. The Balaban J connectivity index is 1.56. The number of nitrogens with zero attached hydrogens (tertiary/aromatic N) is 1. The van der Waals surface area contributed by atoms with Crippen molar-refractivity contribution in [3.05, 3.63) is 77.9 Å². The van der Waals surface area contributed by atoms with Gasteiger partial charge in [-0.25, -0.2) is 5.43 Å². The molecule has 0 unspecified atom stereocenters. The third-order valence-electron chi connectivity index (χ3n) is 5.29. The van der Waals surface area contributed by atoms with Gasteiger partial charge in [0.15, 0.2) is 0 Å². The fraction of sp³-hybridized carbons (Fsp3) is 0.208. The van der Waals surface area contributed by atoms with Crippen molar-refractivity contribution in [1.29, 1.82) is 0 Å². The van der Waals surface area contributed by atoms with Crippen LogP contribution in [0.15, 0.2) is 71.8 Å². The van der Waals surface area contributed by atoms with Crippen LogP contribution in [0.25, 0.3) is 10.8 Å². The summed E-state index contributed by atoms with van der Waals surface area (Å²) in [6, 6.07) is 21.4. The minimum absolute atomic E-state index is 0.217. The van der Waals surface area contributed by atoms with Crippen molar-refractivity contribution in [2.45, 2.75) is 12.8 Å². The molecular weight excluding hydrogens is 378 g/mol. The van der Waals surface area contributed by atoms with E-state index in [2.05, 4.69) is 15.8 Å². The third kappa shape index (κ3) is 3.89. The summed E-state index contributed by atoms with van der Waals surface area (Å²) in [5, 5.41) is 8.97. The molecule has 2 N–H and O–H groups in total. The number of carbonyl (C=O) groups is 2. The Morgan fingerprint density at radius 1 is 1.13 bits per heavy atom. The molecule has 0 aliphatic carbocycles. The van der Waals surface area contributed by atoms with E-state index in [1.807, 2.05) is 73.7 Å². The van der Waals surface area contributed by atoms with Gasteiger partial charge in [-0.2, -0.15) is 5.10 Å². The lowest BCUT2D eigenvalue weighted by Gasteiger charge is -2.15. The van der Waals surface area contributed by atoms with Gasteiger partial charge in [0.1, 0.15) is 11.7 Å². The first-order valence-corrected chi connectivity index (χ1v) is 9.99. The molecule has 3 aromatic carbocycles. The molecule has 152 valence electrons. The average molecular weight is 401 g/mol. The van der Waals surface area contributed by atoms with Gasteiger partial charge in [0.05, 0.1) is 12.8 Å². The second kappa shape index (κ2) is 8.78. The van der Waals surface area contributed by atoms with E-state index in [-0.39, 0.29) is 11.8 Å². The van der Waals surface area contributed by atoms with Crippen molar-refractivity contribution in [2.75, 3.05) is 13.2 Å². The Kier molecular flexibility index (Phi) is 5.75. The van der Waals surface area contributed by atoms with Crippen LogP contribution in [0.2, 0.25) is 0 Å². The van der Waals surface area contributed by atoms with Crippen molar-refractivity contribution < 1.29 is 14.3 Å². The van der Waals surface area contributed by atoms with Gasteiger partial charge >= 0.3 is 0 Å². The number of hydrazone groups is 1. The Bertz CT molecular complexity index is 1100. The van der Waals surface area contributed by atoms with Crippen LogP contribution in [0.4, 0.5) is 0 Å². The molecule has 1 fully saturated rings. The average Bonchev–Trinajstić information content (AvgIpc) is 3.17. The predicted molar refractivity (Wildman–Crippen MR) is 117 cm³/mol. The highest BCUT2D eigenvalue weighted by Crippen LogP contribution is 2.29. The number of benzene rings is 3. The van der Waals surface area contributed by atoms with Crippen LogP contribution >= 0.6 is 0 Å². The first-order valence-electron chi connectivity index (χ1n) is 9.99. The van der Waals surface area contributed by atoms with E-state index in [4.69, 9.17) is 4.74 Å². The summed E-state index contributed by atoms with van der Waals surface area (Å²) in [5.74, 6) is -1.05. The summed E-state index contributed by atoms with van der Waals surface area (Å²) in [5.41, 5.74) is 4.29. The first-order chi connectivity index (χ1) is 14.7. The highest BCUT2D eigenvalue weighted by atomic mass is 16.5. The molecule has 0 bridgehead atoms. The van der Waals surface area contributed by atoms with E-state index in [0.29, 0.717) is 18.9 Å². The van der Waals surface area contributed by atoms with Gasteiger partial charge in [0.2, 0.25) is 5.91 Å². The SMILES string of the molecule is CCOc1ccc2ccccc2c1/C=N\NC(=O)[C@@H]1C(=O)NC[C@@H]1c1ccccc1. The number of carbonyl (C=O) groups excluding carboxylic acids is 2. The molecule has 1 aliphatic rings. The van der Waals surface area contributed by atoms with Crippen LogP contribution < -0.4 is 15.5 Å². The molecule has 6 nitrogen and oxygen atoms in total. The summed E-state index contributed by atoms with van der Waals surface area (Å²) in [7, 11) is 0. The van der Waals surface area contributed by atoms with Crippen molar-refractivity contribution in [1.82, 2.24) is 10.7 Å². The van der Waals surface area contributed by atoms with Gasteiger partial charge < -0.3 is 10.1 Å². The van der Waals surface area contributed by atoms with E-state index in [1.165, 1.54) is 0 Å². The quantitative estimate of drug-likeness (QED) is 0.378. The van der Waals surface area contributed by atoms with Gasteiger partial charge in [-0.3, -0.25) is 9.59 Å². The lowest BCUT2D eigenvalue weighted by molar-refractivity contribution is -0.133. The zero-order chi connectivity index (χ0) is 20.9. The number of hydrogen-bond donors (Lipinski definition) is 2. The second-order valence-electron chi connectivity index (χ2n) is 7.11. The van der Waals surface area contributed by atoms with Crippen LogP contribution in [0.5, 0.6) is 5.75 Å². The van der Waals surface area contributed by atoms with Crippen LogP contribution in [0.1, 0.15) is 24.0 Å². The van der Waals surface area contributed by atoms with E-state index in [1.54, 1.807) is 6.21 Å². The molecule has 0 radical (unpaired) electrons. The van der Waals surface area contributed by atoms with Gasteiger partial charge in [0.25, 0.3) is 5.91 Å². The minimum atomic E-state index is -0.816. The van der Waals surface area contributed by atoms with Crippen molar-refractivity contribution in [3.63, 3.8) is 0 Å². The fourth-order valence-electron chi connectivity index (χ4n) is 3.85. The molecular formula is C24H23N3O3. The van der Waals surface area contributed by atoms with Crippen LogP contribution in [-0.4, -0.2) is 31.2 Å². The zero-order valence-corrected chi connectivity index (χ0v) is 16.7. The Hall–Kier alpha value is -3.67. The van der Waals surface area contributed by atoms with Crippen LogP contribution in [-0.2, 0) is 9.59 Å². The van der Waals surface area contributed by atoms with E-state index >= 15 is 0 Å². The van der Waals surface area contributed by atoms with Crippen LogP contribution in [0.3, 0.4) is 0 Å². The monoisotopic (exact) mass is 401 g/mol. The van der Waals surface area contributed by atoms with Gasteiger partial charge in [-0.05, 0) is 29.3 Å². The molecule has 0 aromatic heterocycles. The van der Waals surface area contributed by atoms with Gasteiger partial charge in [0, 0.05) is 18.0 Å². The standard InChI is InChI=1S/C24H23N3O3/c1-2-30-21-13-12-17-10-6-7-11-18(17)20(21)15-26-27-24(29)22-19(14-25-23(22)28)16-8-4-3-5-9-16/h3-13,15,19,22H,2,14H2,1H3,(H,25,28)(H,27,29)/b26-15-/t19-,22+/m1/s1. The molecule has 2 atom stereocenters. The maximum atomic E-state index is 12.8. The molecule has 0 spiro atoms. The highest BCUT2D eigenvalue weighted by molar-refractivity contribution is 6.05. The molecule has 0 saturated carbocycles. The largest absolute Gasteiger partial charge is 0.493 e. The maximum absolute atomic E-state index is 12.8. The number of fused-ring (bicyclic) bond motifs is 1. The van der Waals surface area contributed by atoms with Gasteiger partial charge in [-0.1, -0.05) is 60.7 Å². The Morgan fingerprint density at radius 2 is 1.90 bits per heavy atom. The Labute approximate surface area is 174 Å². The van der Waals surface area contributed by atoms with E-state index in [9.17, 15) is 9.59 Å². The molecule has 4 rings (SSSR count). The lowest BCUT2D eigenvalue weighted by atomic mass is 9.88. The fourth-order valence-corrected chi connectivity index (χ4v) is 3.85. The smallest absolute Gasteiger partial charge is 0.253 e. The number of nitrogens with one attached hydrogen (secondary N) is 2. The molecule has 1 heterocycles. The third-order valence-corrected chi connectivity index (χ3v) is 5.29. The maximum Gasteiger partial charge on any atom is 0.253 e.